The Hall–Kier alpha value is -3.82. The average molecular weight is 488 g/mol. The SMILES string of the molecule is CC(C)Nc1cc(Nc2ccc(Oc3ccnc(NC(=O)C4CC4)c3)c(F)c2)cc(C(F)(F)F)c1. The van der Waals surface area contributed by atoms with Crippen molar-refractivity contribution < 1.29 is 27.1 Å². The van der Waals surface area contributed by atoms with Gasteiger partial charge in [-0.05, 0) is 63.1 Å². The molecule has 6 nitrogen and oxygen atoms in total. The maximum atomic E-state index is 14.7. The lowest BCUT2D eigenvalue weighted by molar-refractivity contribution is -0.137. The summed E-state index contributed by atoms with van der Waals surface area (Å²) in [6.45, 7) is 3.63. The fraction of sp³-hybridized carbons (Fsp3) is 0.280. The van der Waals surface area contributed by atoms with Gasteiger partial charge in [-0.3, -0.25) is 4.79 Å². The minimum atomic E-state index is -4.53. The van der Waals surface area contributed by atoms with Crippen molar-refractivity contribution in [2.75, 3.05) is 16.0 Å². The van der Waals surface area contributed by atoms with Crippen molar-refractivity contribution in [2.45, 2.75) is 38.9 Å². The second kappa shape index (κ2) is 9.81. The number of halogens is 4. The molecule has 3 aromatic rings. The van der Waals surface area contributed by atoms with E-state index in [2.05, 4.69) is 20.9 Å². The summed E-state index contributed by atoms with van der Waals surface area (Å²) in [4.78, 5) is 16.0. The van der Waals surface area contributed by atoms with Crippen molar-refractivity contribution in [1.82, 2.24) is 4.98 Å². The lowest BCUT2D eigenvalue weighted by Gasteiger charge is -2.17. The molecule has 10 heteroatoms. The summed E-state index contributed by atoms with van der Waals surface area (Å²) in [5.41, 5.74) is -0.133. The zero-order chi connectivity index (χ0) is 25.2. The lowest BCUT2D eigenvalue weighted by Crippen LogP contribution is -2.14. The number of benzene rings is 2. The smallest absolute Gasteiger partial charge is 0.416 e. The van der Waals surface area contributed by atoms with Crippen LogP contribution in [-0.4, -0.2) is 16.9 Å². The highest BCUT2D eigenvalue weighted by Gasteiger charge is 2.31. The molecule has 1 heterocycles. The summed E-state index contributed by atoms with van der Waals surface area (Å²) in [5, 5.41) is 8.46. The first-order valence-corrected chi connectivity index (χ1v) is 11.1. The molecule has 2 aromatic carbocycles. The zero-order valence-corrected chi connectivity index (χ0v) is 19.0. The van der Waals surface area contributed by atoms with Gasteiger partial charge >= 0.3 is 6.18 Å². The number of alkyl halides is 3. The van der Waals surface area contributed by atoms with E-state index >= 15 is 0 Å². The van der Waals surface area contributed by atoms with Crippen molar-refractivity contribution in [3.63, 3.8) is 0 Å². The topological polar surface area (TPSA) is 75.3 Å². The summed E-state index contributed by atoms with van der Waals surface area (Å²) in [7, 11) is 0. The third kappa shape index (κ3) is 6.62. The van der Waals surface area contributed by atoms with Gasteiger partial charge in [0.2, 0.25) is 5.91 Å². The molecule has 184 valence electrons. The normalized spacial score (nSPS) is 13.5. The maximum Gasteiger partial charge on any atom is 0.416 e. The number of carbonyl (C=O) groups excluding carboxylic acids is 1. The van der Waals surface area contributed by atoms with E-state index in [1.54, 1.807) is 0 Å². The summed E-state index contributed by atoms with van der Waals surface area (Å²) in [5.74, 6) is -0.345. The van der Waals surface area contributed by atoms with Gasteiger partial charge in [0.05, 0.1) is 5.56 Å². The minimum absolute atomic E-state index is 0.00734. The molecule has 0 atom stereocenters. The van der Waals surface area contributed by atoms with Crippen LogP contribution in [0.15, 0.2) is 54.7 Å². The van der Waals surface area contributed by atoms with Gasteiger partial charge in [0.25, 0.3) is 0 Å². The molecule has 1 aliphatic rings. The second-order valence-corrected chi connectivity index (χ2v) is 8.61. The van der Waals surface area contributed by atoms with Crippen LogP contribution in [-0.2, 0) is 11.0 Å². The standard InChI is InChI=1S/C25H24F4N4O2/c1-14(2)31-18-9-16(25(27,28)29)10-19(11-18)32-17-5-6-22(21(26)12-17)35-20-7-8-30-23(13-20)33-24(34)15-3-4-15/h5-15,31-32H,3-4H2,1-2H3,(H,30,33,34). The van der Waals surface area contributed by atoms with Gasteiger partial charge in [-0.1, -0.05) is 0 Å². The predicted molar refractivity (Wildman–Crippen MR) is 126 cm³/mol. The molecule has 4 rings (SSSR count). The van der Waals surface area contributed by atoms with Gasteiger partial charge in [-0.2, -0.15) is 13.2 Å². The van der Waals surface area contributed by atoms with E-state index in [9.17, 15) is 22.4 Å². The Bertz CT molecular complexity index is 1230. The lowest BCUT2D eigenvalue weighted by atomic mass is 10.1. The van der Waals surface area contributed by atoms with Crippen LogP contribution in [0.4, 0.5) is 40.4 Å². The third-order valence-electron chi connectivity index (χ3n) is 5.09. The molecule has 3 N–H and O–H groups in total. The number of anilines is 4. The number of rotatable bonds is 8. The molecule has 0 saturated heterocycles. The number of nitrogens with one attached hydrogen (secondary N) is 3. The highest BCUT2D eigenvalue weighted by Crippen LogP contribution is 2.35. The number of carbonyl (C=O) groups is 1. The van der Waals surface area contributed by atoms with Crippen molar-refractivity contribution in [3.05, 3.63) is 66.1 Å². The van der Waals surface area contributed by atoms with Crippen molar-refractivity contribution in [2.24, 2.45) is 5.92 Å². The second-order valence-electron chi connectivity index (χ2n) is 8.61. The molecule has 0 spiro atoms. The molecule has 0 radical (unpaired) electrons. The molecule has 0 bridgehead atoms. The number of ether oxygens (including phenoxy) is 1. The van der Waals surface area contributed by atoms with Crippen molar-refractivity contribution in [1.29, 1.82) is 0 Å². The van der Waals surface area contributed by atoms with E-state index < -0.39 is 17.6 Å². The molecule has 1 saturated carbocycles. The van der Waals surface area contributed by atoms with Crippen LogP contribution in [0.5, 0.6) is 11.5 Å². The van der Waals surface area contributed by atoms with Crippen LogP contribution >= 0.6 is 0 Å². The van der Waals surface area contributed by atoms with Gasteiger partial charge in [0.1, 0.15) is 11.6 Å². The first-order chi connectivity index (χ1) is 16.6. The molecule has 1 aromatic heterocycles. The monoisotopic (exact) mass is 488 g/mol. The first kappa shape index (κ1) is 24.3. The van der Waals surface area contributed by atoms with Crippen LogP contribution in [0, 0.1) is 11.7 Å². The van der Waals surface area contributed by atoms with Crippen LogP contribution in [0.25, 0.3) is 0 Å². The summed E-state index contributed by atoms with van der Waals surface area (Å²) >= 11 is 0. The Morgan fingerprint density at radius 2 is 1.77 bits per heavy atom. The molecule has 1 fully saturated rings. The van der Waals surface area contributed by atoms with E-state index in [1.165, 1.54) is 36.5 Å². The van der Waals surface area contributed by atoms with Gasteiger partial charge in [0, 0.05) is 47.4 Å². The summed E-state index contributed by atoms with van der Waals surface area (Å²) in [6.07, 6.45) is -1.40. The van der Waals surface area contributed by atoms with Gasteiger partial charge in [-0.15, -0.1) is 0 Å². The van der Waals surface area contributed by atoms with Crippen LogP contribution in [0.3, 0.4) is 0 Å². The number of hydrogen-bond acceptors (Lipinski definition) is 5. The van der Waals surface area contributed by atoms with E-state index in [0.717, 1.165) is 31.0 Å². The van der Waals surface area contributed by atoms with Gasteiger partial charge in [-0.25, -0.2) is 9.37 Å². The summed E-state index contributed by atoms with van der Waals surface area (Å²) in [6, 6.07) is 10.4. The molecule has 1 amide bonds. The Morgan fingerprint density at radius 3 is 2.43 bits per heavy atom. The first-order valence-electron chi connectivity index (χ1n) is 11.1. The van der Waals surface area contributed by atoms with E-state index in [-0.39, 0.29) is 40.7 Å². The zero-order valence-electron chi connectivity index (χ0n) is 19.0. The Morgan fingerprint density at radius 1 is 1.03 bits per heavy atom. The summed E-state index contributed by atoms with van der Waals surface area (Å²) < 4.78 is 60.3. The Balaban J connectivity index is 1.49. The highest BCUT2D eigenvalue weighted by molar-refractivity contribution is 5.93. The fourth-order valence-corrected chi connectivity index (χ4v) is 3.35. The number of nitrogens with zero attached hydrogens (tertiary/aromatic N) is 1. The van der Waals surface area contributed by atoms with Crippen molar-refractivity contribution in [3.8, 4) is 11.5 Å². The number of aromatic nitrogens is 1. The van der Waals surface area contributed by atoms with Crippen molar-refractivity contribution >= 4 is 28.8 Å². The molecule has 0 unspecified atom stereocenters. The minimum Gasteiger partial charge on any atom is -0.454 e. The van der Waals surface area contributed by atoms with Gasteiger partial charge in [0.15, 0.2) is 11.6 Å². The van der Waals surface area contributed by atoms with Gasteiger partial charge < -0.3 is 20.7 Å². The number of amides is 1. The van der Waals surface area contributed by atoms with E-state index in [1.807, 2.05) is 13.8 Å². The Labute approximate surface area is 199 Å². The molecule has 0 aliphatic heterocycles. The maximum absolute atomic E-state index is 14.7. The number of pyridine rings is 1. The molecular formula is C25H24F4N4O2. The van der Waals surface area contributed by atoms with E-state index in [4.69, 9.17) is 4.74 Å². The quantitative estimate of drug-likeness (QED) is 0.299. The Kier molecular flexibility index (Phi) is 6.81. The van der Waals surface area contributed by atoms with Crippen LogP contribution < -0.4 is 20.7 Å². The predicted octanol–water partition coefficient (Wildman–Crippen LogP) is 6.94. The van der Waals surface area contributed by atoms with Crippen LogP contribution in [0.1, 0.15) is 32.3 Å². The third-order valence-corrected chi connectivity index (χ3v) is 5.09. The molecule has 1 aliphatic carbocycles. The largest absolute Gasteiger partial charge is 0.454 e. The molecule has 35 heavy (non-hydrogen) atoms. The highest BCUT2D eigenvalue weighted by atomic mass is 19.4. The number of hydrogen-bond donors (Lipinski definition) is 3. The average Bonchev–Trinajstić information content (AvgIpc) is 3.60. The molecular weight excluding hydrogens is 464 g/mol. The fourth-order valence-electron chi connectivity index (χ4n) is 3.35. The van der Waals surface area contributed by atoms with Crippen LogP contribution in [0.2, 0.25) is 0 Å². The van der Waals surface area contributed by atoms with E-state index in [0.29, 0.717) is 11.5 Å².